The van der Waals surface area contributed by atoms with E-state index in [2.05, 4.69) is 22.4 Å². The van der Waals surface area contributed by atoms with Crippen LogP contribution >= 0.6 is 11.8 Å². The van der Waals surface area contributed by atoms with Crippen molar-refractivity contribution in [1.82, 2.24) is 14.4 Å². The van der Waals surface area contributed by atoms with E-state index in [1.54, 1.807) is 19.1 Å². The minimum Gasteiger partial charge on any atom is -0.340 e. The van der Waals surface area contributed by atoms with Gasteiger partial charge in [0.05, 0.1) is 16.4 Å². The van der Waals surface area contributed by atoms with Crippen LogP contribution in [0.3, 0.4) is 0 Å². The average molecular weight is 425 g/mol. The highest BCUT2D eigenvalue weighted by atomic mass is 32.2. The standard InChI is InChI=1S/C18H24N4O4S2/c1-13-7-9-22(10-8-13)28(24,25)16-5-3-15(4-6-16)20-18(23)12-27-11-17-19-14(2)26-21-17/h3-6,13H,7-12H2,1-2H3,(H,20,23). The SMILES string of the molecule is Cc1nc(CSCC(=O)Nc2ccc(S(=O)(=O)N3CCC(C)CC3)cc2)no1. The van der Waals surface area contributed by atoms with Gasteiger partial charge in [-0.15, -0.1) is 11.8 Å². The molecular weight excluding hydrogens is 400 g/mol. The highest BCUT2D eigenvalue weighted by molar-refractivity contribution is 7.99. The molecule has 28 heavy (non-hydrogen) atoms. The lowest BCUT2D eigenvalue weighted by molar-refractivity contribution is -0.113. The quantitative estimate of drug-likeness (QED) is 0.728. The molecule has 1 aliphatic heterocycles. The number of amides is 1. The van der Waals surface area contributed by atoms with E-state index >= 15 is 0 Å². The Balaban J connectivity index is 1.51. The van der Waals surface area contributed by atoms with Crippen molar-refractivity contribution in [2.45, 2.75) is 37.3 Å². The number of hydrogen-bond donors (Lipinski definition) is 1. The van der Waals surface area contributed by atoms with E-state index in [0.717, 1.165) is 12.8 Å². The molecule has 152 valence electrons. The van der Waals surface area contributed by atoms with E-state index < -0.39 is 10.0 Å². The monoisotopic (exact) mass is 424 g/mol. The maximum absolute atomic E-state index is 12.7. The number of nitrogens with zero attached hydrogens (tertiary/aromatic N) is 3. The number of rotatable bonds is 7. The van der Waals surface area contributed by atoms with Gasteiger partial charge in [-0.05, 0) is 43.0 Å². The number of carbonyl (C=O) groups excluding carboxylic acids is 1. The molecule has 1 aromatic heterocycles. The minimum absolute atomic E-state index is 0.175. The Bertz CT molecular complexity index is 904. The molecule has 3 rings (SSSR count). The first-order valence-corrected chi connectivity index (χ1v) is 11.7. The van der Waals surface area contributed by atoms with Gasteiger partial charge < -0.3 is 9.84 Å². The first kappa shape index (κ1) is 20.8. The van der Waals surface area contributed by atoms with Gasteiger partial charge in [0.2, 0.25) is 21.8 Å². The Hall–Kier alpha value is -1.91. The summed E-state index contributed by atoms with van der Waals surface area (Å²) in [5.74, 6) is 2.15. The number of aryl methyl sites for hydroxylation is 1. The van der Waals surface area contributed by atoms with E-state index in [-0.39, 0.29) is 16.6 Å². The minimum atomic E-state index is -3.48. The smallest absolute Gasteiger partial charge is 0.243 e. The van der Waals surface area contributed by atoms with Crippen LogP contribution in [0.5, 0.6) is 0 Å². The Labute approximate surface area is 169 Å². The summed E-state index contributed by atoms with van der Waals surface area (Å²) >= 11 is 1.37. The average Bonchev–Trinajstić information content (AvgIpc) is 3.08. The largest absolute Gasteiger partial charge is 0.340 e. The van der Waals surface area contributed by atoms with E-state index in [1.807, 2.05) is 0 Å². The van der Waals surface area contributed by atoms with Gasteiger partial charge in [0.25, 0.3) is 0 Å². The Morgan fingerprint density at radius 2 is 1.96 bits per heavy atom. The van der Waals surface area contributed by atoms with Gasteiger partial charge in [0, 0.05) is 25.7 Å². The number of benzene rings is 1. The number of aromatic nitrogens is 2. The summed E-state index contributed by atoms with van der Waals surface area (Å²) in [7, 11) is -3.48. The van der Waals surface area contributed by atoms with Crippen molar-refractivity contribution in [2.75, 3.05) is 24.2 Å². The van der Waals surface area contributed by atoms with Crippen LogP contribution in [0.4, 0.5) is 5.69 Å². The second kappa shape index (κ2) is 9.06. The highest BCUT2D eigenvalue weighted by Gasteiger charge is 2.27. The predicted octanol–water partition coefficient (Wildman–Crippen LogP) is 2.67. The van der Waals surface area contributed by atoms with Crippen LogP contribution in [-0.4, -0.2) is 47.6 Å². The van der Waals surface area contributed by atoms with Crippen LogP contribution in [0, 0.1) is 12.8 Å². The summed E-state index contributed by atoms with van der Waals surface area (Å²) in [5.41, 5.74) is 0.562. The Morgan fingerprint density at radius 3 is 2.57 bits per heavy atom. The molecule has 1 amide bonds. The maximum Gasteiger partial charge on any atom is 0.243 e. The van der Waals surface area contributed by atoms with Crippen molar-refractivity contribution in [2.24, 2.45) is 5.92 Å². The lowest BCUT2D eigenvalue weighted by atomic mass is 10.0. The molecular formula is C18H24N4O4S2. The second-order valence-electron chi connectivity index (χ2n) is 6.88. The van der Waals surface area contributed by atoms with Crippen LogP contribution in [0.2, 0.25) is 0 Å². The van der Waals surface area contributed by atoms with Gasteiger partial charge in [-0.3, -0.25) is 4.79 Å². The van der Waals surface area contributed by atoms with Gasteiger partial charge in [-0.2, -0.15) is 9.29 Å². The fraction of sp³-hybridized carbons (Fsp3) is 0.500. The number of nitrogens with one attached hydrogen (secondary N) is 1. The molecule has 0 bridgehead atoms. The second-order valence-corrected chi connectivity index (χ2v) is 9.81. The van der Waals surface area contributed by atoms with Crippen LogP contribution in [-0.2, 0) is 20.6 Å². The summed E-state index contributed by atoms with van der Waals surface area (Å²) in [4.78, 5) is 16.4. The molecule has 1 fully saturated rings. The van der Waals surface area contributed by atoms with E-state index in [1.165, 1.54) is 28.2 Å². The van der Waals surface area contributed by atoms with Crippen molar-refractivity contribution in [3.63, 3.8) is 0 Å². The fourth-order valence-corrected chi connectivity index (χ4v) is 5.05. The molecule has 1 saturated heterocycles. The third-order valence-electron chi connectivity index (χ3n) is 4.55. The molecule has 0 spiro atoms. The predicted molar refractivity (Wildman–Crippen MR) is 107 cm³/mol. The molecule has 2 aromatic rings. The maximum atomic E-state index is 12.7. The van der Waals surface area contributed by atoms with Crippen molar-refractivity contribution in [3.05, 3.63) is 36.0 Å². The summed E-state index contributed by atoms with van der Waals surface area (Å²) in [6.45, 7) is 4.96. The van der Waals surface area contributed by atoms with Gasteiger partial charge in [0.1, 0.15) is 0 Å². The fourth-order valence-electron chi connectivity index (χ4n) is 2.92. The lowest BCUT2D eigenvalue weighted by Crippen LogP contribution is -2.37. The molecule has 1 aliphatic rings. The van der Waals surface area contributed by atoms with Crippen LogP contribution in [0.1, 0.15) is 31.5 Å². The highest BCUT2D eigenvalue weighted by Crippen LogP contribution is 2.24. The Kier molecular flexibility index (Phi) is 6.73. The molecule has 2 heterocycles. The third-order valence-corrected chi connectivity index (χ3v) is 7.39. The zero-order valence-electron chi connectivity index (χ0n) is 15.9. The summed E-state index contributed by atoms with van der Waals surface area (Å²) in [6, 6.07) is 6.31. The number of sulfonamides is 1. The summed E-state index contributed by atoms with van der Waals surface area (Å²) in [6.07, 6.45) is 1.77. The molecule has 1 aromatic carbocycles. The zero-order valence-corrected chi connectivity index (χ0v) is 17.6. The molecule has 0 saturated carbocycles. The third kappa shape index (κ3) is 5.33. The van der Waals surface area contributed by atoms with Crippen molar-refractivity contribution in [1.29, 1.82) is 0 Å². The Morgan fingerprint density at radius 1 is 1.29 bits per heavy atom. The zero-order chi connectivity index (χ0) is 20.1. The van der Waals surface area contributed by atoms with Gasteiger partial charge >= 0.3 is 0 Å². The molecule has 0 unspecified atom stereocenters. The molecule has 10 heteroatoms. The molecule has 0 aliphatic carbocycles. The molecule has 0 atom stereocenters. The number of thioether (sulfide) groups is 1. The topological polar surface area (TPSA) is 105 Å². The van der Waals surface area contributed by atoms with Crippen molar-refractivity contribution < 1.29 is 17.7 Å². The van der Waals surface area contributed by atoms with E-state index in [9.17, 15) is 13.2 Å². The van der Waals surface area contributed by atoms with Gasteiger partial charge in [-0.25, -0.2) is 8.42 Å². The van der Waals surface area contributed by atoms with Gasteiger partial charge in [-0.1, -0.05) is 12.1 Å². The van der Waals surface area contributed by atoms with E-state index in [0.29, 0.717) is 42.2 Å². The molecule has 1 N–H and O–H groups in total. The van der Waals surface area contributed by atoms with Crippen LogP contribution in [0.15, 0.2) is 33.7 Å². The van der Waals surface area contributed by atoms with Gasteiger partial charge in [0.15, 0.2) is 5.82 Å². The number of hydrogen-bond acceptors (Lipinski definition) is 7. The first-order chi connectivity index (χ1) is 13.3. The number of anilines is 1. The normalized spacial score (nSPS) is 16.2. The summed E-state index contributed by atoms with van der Waals surface area (Å²) in [5, 5.41) is 6.54. The van der Waals surface area contributed by atoms with Crippen molar-refractivity contribution >= 4 is 33.4 Å². The number of carbonyl (C=O) groups is 1. The van der Waals surface area contributed by atoms with Crippen LogP contribution in [0.25, 0.3) is 0 Å². The first-order valence-electron chi connectivity index (χ1n) is 9.11. The molecule has 0 radical (unpaired) electrons. The molecule has 8 nitrogen and oxygen atoms in total. The van der Waals surface area contributed by atoms with Crippen molar-refractivity contribution in [3.8, 4) is 0 Å². The van der Waals surface area contributed by atoms with E-state index in [4.69, 9.17) is 4.52 Å². The van der Waals surface area contributed by atoms with Crippen LogP contribution < -0.4 is 5.32 Å². The number of piperidine rings is 1. The summed E-state index contributed by atoms with van der Waals surface area (Å²) < 4.78 is 31.9. The lowest BCUT2D eigenvalue weighted by Gasteiger charge is -2.29.